The van der Waals surface area contributed by atoms with E-state index in [1.807, 2.05) is 17.0 Å². The normalized spacial score (nSPS) is 17.1. The molecule has 1 amide bonds. The number of hydrogen-bond donors (Lipinski definition) is 1. The van der Waals surface area contributed by atoms with Gasteiger partial charge in [-0.2, -0.15) is 0 Å². The molecule has 1 aliphatic rings. The minimum Gasteiger partial charge on any atom is -0.322 e. The molecule has 1 aliphatic heterocycles. The van der Waals surface area contributed by atoms with Gasteiger partial charge in [-0.15, -0.1) is 11.3 Å². The molecule has 1 N–H and O–H groups in total. The van der Waals surface area contributed by atoms with Crippen LogP contribution in [0.4, 0.5) is 18.9 Å². The summed E-state index contributed by atoms with van der Waals surface area (Å²) in [7, 11) is 0. The van der Waals surface area contributed by atoms with Crippen molar-refractivity contribution in [2.45, 2.75) is 19.5 Å². The Balaban J connectivity index is 1.53. The van der Waals surface area contributed by atoms with Gasteiger partial charge in [0.1, 0.15) is 0 Å². The number of halogens is 4. The average molecular weight is 418 g/mol. The molecule has 1 unspecified atom stereocenters. The van der Waals surface area contributed by atoms with E-state index < -0.39 is 29.4 Å². The molecule has 0 aliphatic carbocycles. The number of rotatable bonds is 5. The molecule has 9 heteroatoms. The Hall–Kier alpha value is -1.61. The molecule has 27 heavy (non-hydrogen) atoms. The molecule has 4 nitrogen and oxygen atoms in total. The number of hydrogen-bond acceptors (Lipinski definition) is 4. The van der Waals surface area contributed by atoms with Crippen LogP contribution in [-0.4, -0.2) is 47.9 Å². The van der Waals surface area contributed by atoms with Crippen molar-refractivity contribution in [1.82, 2.24) is 9.80 Å². The summed E-state index contributed by atoms with van der Waals surface area (Å²) in [6, 6.07) is 5.17. The molecule has 2 aromatic rings. The maximum absolute atomic E-state index is 13.7. The minimum atomic E-state index is -1.59. The fourth-order valence-corrected chi connectivity index (χ4v) is 4.12. The summed E-state index contributed by atoms with van der Waals surface area (Å²) in [6.45, 7) is 5.44. The summed E-state index contributed by atoms with van der Waals surface area (Å²) in [5.41, 5.74) is -0.362. The van der Waals surface area contributed by atoms with Gasteiger partial charge in [0, 0.05) is 37.6 Å². The van der Waals surface area contributed by atoms with Crippen molar-refractivity contribution < 1.29 is 18.0 Å². The predicted molar refractivity (Wildman–Crippen MR) is 101 cm³/mol. The third kappa shape index (κ3) is 4.82. The number of carbonyl (C=O) groups is 1. The number of nitrogens with zero attached hydrogens (tertiary/aromatic N) is 2. The molecule has 146 valence electrons. The molecule has 1 aromatic carbocycles. The van der Waals surface area contributed by atoms with Crippen LogP contribution >= 0.6 is 22.9 Å². The van der Waals surface area contributed by atoms with Crippen molar-refractivity contribution in [3.05, 3.63) is 50.9 Å². The van der Waals surface area contributed by atoms with Crippen LogP contribution in [0.2, 0.25) is 4.34 Å². The standard InChI is InChI=1S/C18H19ClF3N3OS/c1-11(18(26)23-14-4-3-13(20)16(21)17(14)22)25-8-6-24(7-9-25)10-12-2-5-15(19)27-12/h2-5,11H,6-10H2,1H3,(H,23,26). The smallest absolute Gasteiger partial charge is 0.241 e. The Labute approximate surface area is 164 Å². The van der Waals surface area contributed by atoms with Crippen LogP contribution < -0.4 is 5.32 Å². The van der Waals surface area contributed by atoms with E-state index in [0.717, 1.165) is 36.1 Å². The summed E-state index contributed by atoms with van der Waals surface area (Å²) < 4.78 is 40.8. The van der Waals surface area contributed by atoms with Crippen molar-refractivity contribution >= 4 is 34.5 Å². The van der Waals surface area contributed by atoms with Gasteiger partial charge in [0.2, 0.25) is 5.91 Å². The van der Waals surface area contributed by atoms with Crippen LogP contribution in [0, 0.1) is 17.5 Å². The number of benzene rings is 1. The van der Waals surface area contributed by atoms with Crippen molar-refractivity contribution in [1.29, 1.82) is 0 Å². The van der Waals surface area contributed by atoms with Crippen LogP contribution in [0.25, 0.3) is 0 Å². The maximum Gasteiger partial charge on any atom is 0.241 e. The topological polar surface area (TPSA) is 35.6 Å². The lowest BCUT2D eigenvalue weighted by molar-refractivity contribution is -0.121. The second-order valence-corrected chi connectivity index (χ2v) is 8.21. The minimum absolute atomic E-state index is 0.362. The second kappa shape index (κ2) is 8.60. The molecule has 1 saturated heterocycles. The van der Waals surface area contributed by atoms with Gasteiger partial charge in [-0.05, 0) is 31.2 Å². The molecule has 2 heterocycles. The van der Waals surface area contributed by atoms with Crippen LogP contribution in [-0.2, 0) is 11.3 Å². The first-order valence-electron chi connectivity index (χ1n) is 8.50. The Morgan fingerprint density at radius 2 is 1.85 bits per heavy atom. The van der Waals surface area contributed by atoms with Gasteiger partial charge in [0.25, 0.3) is 0 Å². The van der Waals surface area contributed by atoms with E-state index >= 15 is 0 Å². The Bertz CT molecular complexity index is 824. The molecule has 0 bridgehead atoms. The van der Waals surface area contributed by atoms with E-state index in [2.05, 4.69) is 10.2 Å². The first-order valence-corrected chi connectivity index (χ1v) is 9.69. The highest BCUT2D eigenvalue weighted by molar-refractivity contribution is 7.16. The number of piperazine rings is 1. The largest absolute Gasteiger partial charge is 0.322 e. The van der Waals surface area contributed by atoms with E-state index in [9.17, 15) is 18.0 Å². The van der Waals surface area contributed by atoms with Crippen molar-refractivity contribution in [3.8, 4) is 0 Å². The lowest BCUT2D eigenvalue weighted by Crippen LogP contribution is -2.52. The van der Waals surface area contributed by atoms with E-state index in [1.54, 1.807) is 18.3 Å². The third-order valence-corrected chi connectivity index (χ3v) is 5.85. The molecule has 0 saturated carbocycles. The van der Waals surface area contributed by atoms with Gasteiger partial charge in [0.15, 0.2) is 17.5 Å². The molecule has 1 atom stereocenters. The van der Waals surface area contributed by atoms with Gasteiger partial charge >= 0.3 is 0 Å². The summed E-state index contributed by atoms with van der Waals surface area (Å²) in [4.78, 5) is 17.8. The van der Waals surface area contributed by atoms with E-state index in [4.69, 9.17) is 11.6 Å². The Morgan fingerprint density at radius 1 is 1.15 bits per heavy atom. The van der Waals surface area contributed by atoms with Crippen LogP contribution in [0.1, 0.15) is 11.8 Å². The zero-order chi connectivity index (χ0) is 19.6. The second-order valence-electron chi connectivity index (χ2n) is 6.41. The predicted octanol–water partition coefficient (Wildman–Crippen LogP) is 3.96. The van der Waals surface area contributed by atoms with Crippen LogP contribution in [0.15, 0.2) is 24.3 Å². The van der Waals surface area contributed by atoms with Gasteiger partial charge < -0.3 is 5.32 Å². The van der Waals surface area contributed by atoms with Crippen LogP contribution in [0.5, 0.6) is 0 Å². The molecular formula is C18H19ClF3N3OS. The van der Waals surface area contributed by atoms with Gasteiger partial charge in [-0.25, -0.2) is 13.2 Å². The van der Waals surface area contributed by atoms with E-state index in [-0.39, 0.29) is 5.69 Å². The van der Waals surface area contributed by atoms with Gasteiger partial charge in [0.05, 0.1) is 16.1 Å². The maximum atomic E-state index is 13.7. The molecule has 1 fully saturated rings. The summed E-state index contributed by atoms with van der Waals surface area (Å²) in [6.07, 6.45) is 0. The van der Waals surface area contributed by atoms with Crippen LogP contribution in [0.3, 0.4) is 0 Å². The monoisotopic (exact) mass is 417 g/mol. The zero-order valence-corrected chi connectivity index (χ0v) is 16.2. The molecule has 0 radical (unpaired) electrons. The average Bonchev–Trinajstić information content (AvgIpc) is 3.07. The van der Waals surface area contributed by atoms with Crippen molar-refractivity contribution in [2.75, 3.05) is 31.5 Å². The van der Waals surface area contributed by atoms with Gasteiger partial charge in [-0.1, -0.05) is 11.6 Å². The lowest BCUT2D eigenvalue weighted by atomic mass is 10.2. The Morgan fingerprint density at radius 3 is 2.48 bits per heavy atom. The van der Waals surface area contributed by atoms with Crippen molar-refractivity contribution in [2.24, 2.45) is 0 Å². The highest BCUT2D eigenvalue weighted by Crippen LogP contribution is 2.24. The van der Waals surface area contributed by atoms with E-state index in [0.29, 0.717) is 13.1 Å². The molecule has 3 rings (SSSR count). The van der Waals surface area contributed by atoms with Crippen molar-refractivity contribution in [3.63, 3.8) is 0 Å². The SMILES string of the molecule is CC(C(=O)Nc1ccc(F)c(F)c1F)N1CCN(Cc2ccc(Cl)s2)CC1. The number of amides is 1. The number of carbonyl (C=O) groups excluding carboxylic acids is 1. The first-order chi connectivity index (χ1) is 12.8. The number of thiophene rings is 1. The first kappa shape index (κ1) is 20.1. The number of nitrogens with one attached hydrogen (secondary N) is 1. The molecule has 0 spiro atoms. The Kier molecular flexibility index (Phi) is 6.41. The number of anilines is 1. The summed E-state index contributed by atoms with van der Waals surface area (Å²) in [5, 5.41) is 2.34. The quantitative estimate of drug-likeness (QED) is 0.748. The van der Waals surface area contributed by atoms with Gasteiger partial charge in [-0.3, -0.25) is 14.6 Å². The summed E-state index contributed by atoms with van der Waals surface area (Å²) in [5.74, 6) is -4.74. The van der Waals surface area contributed by atoms with E-state index in [1.165, 1.54) is 4.88 Å². The molecular weight excluding hydrogens is 399 g/mol. The zero-order valence-electron chi connectivity index (χ0n) is 14.6. The summed E-state index contributed by atoms with van der Waals surface area (Å²) >= 11 is 7.50. The highest BCUT2D eigenvalue weighted by Gasteiger charge is 2.27. The lowest BCUT2D eigenvalue weighted by Gasteiger charge is -2.37. The highest BCUT2D eigenvalue weighted by atomic mass is 35.5. The fourth-order valence-electron chi connectivity index (χ4n) is 2.99. The fraction of sp³-hybridized carbons (Fsp3) is 0.389. The molecule has 1 aromatic heterocycles. The third-order valence-electron chi connectivity index (χ3n) is 4.64.